The second-order valence-electron chi connectivity index (χ2n) is 7.00. The molecule has 142 valence electrons. The van der Waals surface area contributed by atoms with Crippen LogP contribution in [0.5, 0.6) is 0 Å². The Hall–Kier alpha value is -1.42. The van der Waals surface area contributed by atoms with E-state index in [0.717, 1.165) is 0 Å². The summed E-state index contributed by atoms with van der Waals surface area (Å²) in [6.45, 7) is 0. The number of rotatable bonds is 4. The van der Waals surface area contributed by atoms with Crippen LogP contribution in [0.1, 0.15) is 0 Å². The minimum atomic E-state index is -3.43. The molecule has 0 saturated carbocycles. The fourth-order valence-electron chi connectivity index (χ4n) is 4.74. The molecule has 4 heteroatoms. The van der Waals surface area contributed by atoms with E-state index in [0.29, 0.717) is 0 Å². The van der Waals surface area contributed by atoms with Crippen LogP contribution in [0.2, 0.25) is 0 Å². The summed E-state index contributed by atoms with van der Waals surface area (Å²) in [7, 11) is 0. The van der Waals surface area contributed by atoms with Crippen molar-refractivity contribution in [2.24, 2.45) is 0 Å². The van der Waals surface area contributed by atoms with Gasteiger partial charge in [0, 0.05) is 0 Å². The molecular formula is C24H20Cl2NiZn. The Balaban J connectivity index is 0.00000131. The number of halogens is 2. The topological polar surface area (TPSA) is 0 Å². The van der Waals surface area contributed by atoms with Crippen molar-refractivity contribution in [3.05, 3.63) is 121 Å². The molecule has 0 radical (unpaired) electrons. The molecule has 0 atom stereocenters. The Morgan fingerprint density at radius 3 is 0.679 bits per heavy atom. The molecule has 0 saturated heterocycles. The SMILES string of the molecule is [Cl-].[Cl-].[Ni+2].c1cc[c]([Zn]([c]2ccccc2)([c]2ccccc2)[c]2ccccc2)cc1. The van der Waals surface area contributed by atoms with Gasteiger partial charge in [0.2, 0.25) is 0 Å². The first-order valence-electron chi connectivity index (χ1n) is 9.06. The van der Waals surface area contributed by atoms with Crippen molar-refractivity contribution in [1.82, 2.24) is 0 Å². The summed E-state index contributed by atoms with van der Waals surface area (Å²) in [4.78, 5) is 0. The molecule has 0 aliphatic heterocycles. The maximum absolute atomic E-state index is 3.43. The van der Waals surface area contributed by atoms with E-state index in [1.54, 1.807) is 0 Å². The average molecular weight is 503 g/mol. The summed E-state index contributed by atoms with van der Waals surface area (Å²) in [5, 5.41) is 0. The molecule has 0 aromatic heterocycles. The standard InChI is InChI=1S/4C6H5.2ClH.Ni.Zn/c4*1-2-4-6-5-3-1;;;;/h4*1-5H;2*1H;;/q;;;;;;+2;/p-2. The van der Waals surface area contributed by atoms with Crippen LogP contribution >= 0.6 is 0 Å². The van der Waals surface area contributed by atoms with Crippen LogP contribution < -0.4 is 41.4 Å². The Bertz CT molecular complexity index is 770. The van der Waals surface area contributed by atoms with E-state index < -0.39 is 14.8 Å². The fraction of sp³-hybridized carbons (Fsp3) is 0. The van der Waals surface area contributed by atoms with Crippen molar-refractivity contribution in [1.29, 1.82) is 0 Å². The fourth-order valence-corrected chi connectivity index (χ4v) is 18.9. The van der Waals surface area contributed by atoms with Crippen molar-refractivity contribution in [2.75, 3.05) is 0 Å². The minimum absolute atomic E-state index is 0. The van der Waals surface area contributed by atoms with Crippen LogP contribution in [0, 0.1) is 0 Å². The molecule has 0 bridgehead atoms. The van der Waals surface area contributed by atoms with Gasteiger partial charge in [0.25, 0.3) is 0 Å². The summed E-state index contributed by atoms with van der Waals surface area (Å²) in [6, 6.07) is 44.5. The predicted molar refractivity (Wildman–Crippen MR) is 104 cm³/mol. The van der Waals surface area contributed by atoms with Crippen molar-refractivity contribution >= 4 is 16.6 Å². The number of benzene rings is 4. The Kier molecular flexibility index (Phi) is 10.2. The van der Waals surface area contributed by atoms with Gasteiger partial charge in [-0.25, -0.2) is 0 Å². The van der Waals surface area contributed by atoms with Crippen LogP contribution in [-0.4, -0.2) is 0 Å². The van der Waals surface area contributed by atoms with E-state index in [2.05, 4.69) is 121 Å². The van der Waals surface area contributed by atoms with E-state index in [1.165, 1.54) is 16.6 Å². The van der Waals surface area contributed by atoms with Crippen molar-refractivity contribution < 1.29 is 56.1 Å². The molecule has 0 nitrogen and oxygen atoms in total. The van der Waals surface area contributed by atoms with Gasteiger partial charge in [-0.05, 0) is 0 Å². The summed E-state index contributed by atoms with van der Waals surface area (Å²) in [5.74, 6) is 0. The van der Waals surface area contributed by atoms with Gasteiger partial charge in [-0.15, -0.1) is 0 Å². The van der Waals surface area contributed by atoms with E-state index in [1.807, 2.05) is 0 Å². The molecule has 0 heterocycles. The second-order valence-corrected chi connectivity index (χ2v) is 18.3. The zero-order chi connectivity index (χ0) is 17.0. The first-order valence-corrected chi connectivity index (χ1v) is 15.0. The second kappa shape index (κ2) is 11.5. The summed E-state index contributed by atoms with van der Waals surface area (Å²) < 4.78 is 5.98. The van der Waals surface area contributed by atoms with E-state index in [9.17, 15) is 0 Å². The molecule has 4 aromatic carbocycles. The van der Waals surface area contributed by atoms with Crippen molar-refractivity contribution in [2.45, 2.75) is 0 Å². The van der Waals surface area contributed by atoms with Crippen LogP contribution in [0.25, 0.3) is 0 Å². The Morgan fingerprint density at radius 2 is 0.500 bits per heavy atom. The average Bonchev–Trinajstić information content (AvgIpc) is 2.72. The van der Waals surface area contributed by atoms with Gasteiger partial charge in [0.1, 0.15) is 0 Å². The molecule has 28 heavy (non-hydrogen) atoms. The quantitative estimate of drug-likeness (QED) is 0.269. The van der Waals surface area contributed by atoms with E-state index >= 15 is 0 Å². The summed E-state index contributed by atoms with van der Waals surface area (Å²) in [5.41, 5.74) is 0. The van der Waals surface area contributed by atoms with Gasteiger partial charge >= 0.3 is 169 Å². The van der Waals surface area contributed by atoms with Gasteiger partial charge in [-0.3, -0.25) is 0 Å². The summed E-state index contributed by atoms with van der Waals surface area (Å²) in [6.07, 6.45) is 0. The molecule has 0 amide bonds. The first-order chi connectivity index (χ1) is 12.4. The molecule has 0 unspecified atom stereocenters. The molecule has 0 aliphatic carbocycles. The van der Waals surface area contributed by atoms with Gasteiger partial charge in [0.15, 0.2) is 0 Å². The molecule has 4 rings (SSSR count). The maximum atomic E-state index is 2.33. The Morgan fingerprint density at radius 1 is 0.321 bits per heavy atom. The van der Waals surface area contributed by atoms with Crippen molar-refractivity contribution in [3.8, 4) is 0 Å². The van der Waals surface area contributed by atoms with Crippen LogP contribution in [0.3, 0.4) is 0 Å². The molecular weight excluding hydrogens is 483 g/mol. The van der Waals surface area contributed by atoms with Crippen molar-refractivity contribution in [3.63, 3.8) is 0 Å². The van der Waals surface area contributed by atoms with E-state index in [4.69, 9.17) is 0 Å². The van der Waals surface area contributed by atoms with Gasteiger partial charge in [-0.2, -0.15) is 0 Å². The van der Waals surface area contributed by atoms with Crippen LogP contribution in [0.15, 0.2) is 121 Å². The van der Waals surface area contributed by atoms with Crippen LogP contribution in [-0.2, 0) is 31.3 Å². The number of hydrogen-bond acceptors (Lipinski definition) is 0. The predicted octanol–water partition coefficient (Wildman–Crippen LogP) is -2.55. The third kappa shape index (κ3) is 4.59. The summed E-state index contributed by atoms with van der Waals surface area (Å²) >= 11 is -3.43. The van der Waals surface area contributed by atoms with Gasteiger partial charge < -0.3 is 24.8 Å². The third-order valence-electron chi connectivity index (χ3n) is 5.82. The van der Waals surface area contributed by atoms with Gasteiger partial charge in [0.05, 0.1) is 0 Å². The normalized spacial score (nSPS) is 9.43. The van der Waals surface area contributed by atoms with Crippen LogP contribution in [0.4, 0.5) is 0 Å². The third-order valence-corrected chi connectivity index (χ3v) is 20.1. The zero-order valence-corrected chi connectivity index (χ0v) is 20.8. The zero-order valence-electron chi connectivity index (χ0n) is 15.3. The number of hydrogen-bond donors (Lipinski definition) is 0. The molecule has 0 N–H and O–H groups in total. The van der Waals surface area contributed by atoms with E-state index in [-0.39, 0.29) is 41.3 Å². The molecule has 0 spiro atoms. The monoisotopic (exact) mass is 500 g/mol. The van der Waals surface area contributed by atoms with Gasteiger partial charge in [-0.1, -0.05) is 0 Å². The molecule has 0 aliphatic rings. The first kappa shape index (κ1) is 24.6. The molecule has 4 aromatic rings. The Labute approximate surface area is 193 Å². The molecule has 0 fully saturated rings.